The average molecular weight is 561 g/mol. The molecule has 0 aliphatic carbocycles. The lowest BCUT2D eigenvalue weighted by Crippen LogP contribution is -2.14. The van der Waals surface area contributed by atoms with Crippen molar-refractivity contribution in [2.45, 2.75) is 13.5 Å². The standard InChI is InChI=1S/C24H17Br2ClN2O2/c1-15-5-2-3-8-22(15)29-24(30)18(13-28)10-17-11-19(25)12-21(26)23(17)31-14-16-6-4-7-20(27)9-16/h2-12H,14H2,1H3,(H,29,30)/b18-10+. The zero-order chi connectivity index (χ0) is 22.4. The molecule has 0 saturated heterocycles. The first-order chi connectivity index (χ1) is 14.9. The predicted molar refractivity (Wildman–Crippen MR) is 131 cm³/mol. The van der Waals surface area contributed by atoms with Gasteiger partial charge >= 0.3 is 0 Å². The minimum absolute atomic E-state index is 0.0409. The van der Waals surface area contributed by atoms with E-state index in [-0.39, 0.29) is 12.2 Å². The van der Waals surface area contributed by atoms with Crippen LogP contribution in [0.4, 0.5) is 5.69 Å². The van der Waals surface area contributed by atoms with E-state index in [2.05, 4.69) is 37.2 Å². The number of nitriles is 1. The van der Waals surface area contributed by atoms with Gasteiger partial charge in [0.15, 0.2) is 0 Å². The van der Waals surface area contributed by atoms with Crippen LogP contribution in [0.25, 0.3) is 6.08 Å². The van der Waals surface area contributed by atoms with Crippen LogP contribution in [0.5, 0.6) is 5.75 Å². The summed E-state index contributed by atoms with van der Waals surface area (Å²) < 4.78 is 7.48. The van der Waals surface area contributed by atoms with Crippen molar-refractivity contribution in [1.29, 1.82) is 5.26 Å². The number of hydrogen-bond donors (Lipinski definition) is 1. The number of carbonyl (C=O) groups is 1. The summed E-state index contributed by atoms with van der Waals surface area (Å²) in [6.07, 6.45) is 1.51. The van der Waals surface area contributed by atoms with Crippen molar-refractivity contribution in [2.24, 2.45) is 0 Å². The molecule has 3 aromatic rings. The van der Waals surface area contributed by atoms with E-state index < -0.39 is 5.91 Å². The van der Waals surface area contributed by atoms with Gasteiger partial charge in [0.1, 0.15) is 24.0 Å². The smallest absolute Gasteiger partial charge is 0.266 e. The topological polar surface area (TPSA) is 62.1 Å². The first kappa shape index (κ1) is 23.1. The van der Waals surface area contributed by atoms with Gasteiger partial charge in [-0.15, -0.1) is 0 Å². The molecule has 7 heteroatoms. The number of amides is 1. The summed E-state index contributed by atoms with van der Waals surface area (Å²) in [6, 6.07) is 20.4. The van der Waals surface area contributed by atoms with Crippen LogP contribution in [0.2, 0.25) is 5.02 Å². The summed E-state index contributed by atoms with van der Waals surface area (Å²) in [7, 11) is 0. The van der Waals surface area contributed by atoms with Gasteiger partial charge in [0.2, 0.25) is 0 Å². The highest BCUT2D eigenvalue weighted by atomic mass is 79.9. The molecule has 1 amide bonds. The third-order valence-corrected chi connectivity index (χ3v) is 5.65. The van der Waals surface area contributed by atoms with Crippen LogP contribution in [0.1, 0.15) is 16.7 Å². The number of benzene rings is 3. The molecule has 156 valence electrons. The number of nitrogens with one attached hydrogen (secondary N) is 1. The minimum Gasteiger partial charge on any atom is -0.487 e. The van der Waals surface area contributed by atoms with Gasteiger partial charge in [0.05, 0.1) is 4.47 Å². The quantitative estimate of drug-likeness (QED) is 0.254. The molecule has 0 fully saturated rings. The number of aryl methyl sites for hydroxylation is 1. The highest BCUT2D eigenvalue weighted by Crippen LogP contribution is 2.35. The molecule has 0 spiro atoms. The van der Waals surface area contributed by atoms with Crippen LogP contribution >= 0.6 is 43.5 Å². The number of ether oxygens (including phenoxy) is 1. The summed E-state index contributed by atoms with van der Waals surface area (Å²) in [5.74, 6) is 0.0216. The first-order valence-electron chi connectivity index (χ1n) is 9.22. The van der Waals surface area contributed by atoms with Gasteiger partial charge in [-0.05, 0) is 70.4 Å². The zero-order valence-electron chi connectivity index (χ0n) is 16.5. The van der Waals surface area contributed by atoms with E-state index in [1.54, 1.807) is 18.2 Å². The van der Waals surface area contributed by atoms with Crippen molar-refractivity contribution in [1.82, 2.24) is 0 Å². The third-order valence-electron chi connectivity index (χ3n) is 4.37. The highest BCUT2D eigenvalue weighted by Gasteiger charge is 2.15. The van der Waals surface area contributed by atoms with E-state index in [0.29, 0.717) is 26.5 Å². The van der Waals surface area contributed by atoms with E-state index >= 15 is 0 Å². The number of para-hydroxylation sites is 1. The molecule has 0 aromatic heterocycles. The fourth-order valence-electron chi connectivity index (χ4n) is 2.83. The summed E-state index contributed by atoms with van der Waals surface area (Å²) in [6.45, 7) is 2.16. The number of carbonyl (C=O) groups excluding carboxylic acids is 1. The van der Waals surface area contributed by atoms with Gasteiger partial charge in [-0.2, -0.15) is 5.26 Å². The van der Waals surface area contributed by atoms with Crippen molar-refractivity contribution >= 4 is 61.1 Å². The van der Waals surface area contributed by atoms with Gasteiger partial charge in [0, 0.05) is 20.7 Å². The van der Waals surface area contributed by atoms with Gasteiger partial charge in [-0.1, -0.05) is 57.9 Å². The van der Waals surface area contributed by atoms with E-state index in [0.717, 1.165) is 15.6 Å². The maximum absolute atomic E-state index is 12.7. The summed E-state index contributed by atoms with van der Waals surface area (Å²) in [5, 5.41) is 13.0. The minimum atomic E-state index is -0.492. The third kappa shape index (κ3) is 6.20. The van der Waals surface area contributed by atoms with Crippen molar-refractivity contribution in [2.75, 3.05) is 5.32 Å². The second-order valence-electron chi connectivity index (χ2n) is 6.66. The van der Waals surface area contributed by atoms with E-state index in [9.17, 15) is 10.1 Å². The Bertz CT molecular complexity index is 1200. The molecule has 3 aromatic carbocycles. The number of anilines is 1. The zero-order valence-corrected chi connectivity index (χ0v) is 20.4. The van der Waals surface area contributed by atoms with Gasteiger partial charge < -0.3 is 10.1 Å². The Morgan fingerprint density at radius 1 is 1.16 bits per heavy atom. The van der Waals surface area contributed by atoms with Crippen LogP contribution < -0.4 is 10.1 Å². The molecule has 0 aliphatic heterocycles. The molecule has 4 nitrogen and oxygen atoms in total. The second kappa shape index (κ2) is 10.6. The predicted octanol–water partition coefficient (Wildman–Crippen LogP) is 7.30. The van der Waals surface area contributed by atoms with Crippen molar-refractivity contribution < 1.29 is 9.53 Å². The SMILES string of the molecule is Cc1ccccc1NC(=O)/C(C#N)=C/c1cc(Br)cc(Br)c1OCc1cccc(Cl)c1. The molecule has 31 heavy (non-hydrogen) atoms. The fourth-order valence-corrected chi connectivity index (χ4v) is 4.41. The molecule has 0 radical (unpaired) electrons. The summed E-state index contributed by atoms with van der Waals surface area (Å²) >= 11 is 13.0. The molecule has 3 rings (SSSR count). The van der Waals surface area contributed by atoms with E-state index in [1.807, 2.05) is 55.5 Å². The summed E-state index contributed by atoms with van der Waals surface area (Å²) in [5.41, 5.74) is 3.00. The lowest BCUT2D eigenvalue weighted by molar-refractivity contribution is -0.112. The Morgan fingerprint density at radius 2 is 1.94 bits per heavy atom. The number of nitrogens with zero attached hydrogens (tertiary/aromatic N) is 1. The normalized spacial score (nSPS) is 11.0. The Hall–Kier alpha value is -2.59. The first-order valence-corrected chi connectivity index (χ1v) is 11.2. The lowest BCUT2D eigenvalue weighted by Gasteiger charge is -2.13. The number of hydrogen-bond acceptors (Lipinski definition) is 3. The van der Waals surface area contributed by atoms with Crippen molar-refractivity contribution in [3.8, 4) is 11.8 Å². The lowest BCUT2D eigenvalue weighted by atomic mass is 10.1. The molecule has 0 bridgehead atoms. The maximum Gasteiger partial charge on any atom is 0.266 e. The molecule has 0 aliphatic rings. The number of rotatable bonds is 6. The summed E-state index contributed by atoms with van der Waals surface area (Å²) in [4.78, 5) is 12.7. The van der Waals surface area contributed by atoms with Crippen molar-refractivity contribution in [3.63, 3.8) is 0 Å². The van der Waals surface area contributed by atoms with Crippen LogP contribution in [-0.2, 0) is 11.4 Å². The Kier molecular flexibility index (Phi) is 7.91. The Morgan fingerprint density at radius 3 is 2.65 bits per heavy atom. The van der Waals surface area contributed by atoms with E-state index in [4.69, 9.17) is 16.3 Å². The number of halogens is 3. The van der Waals surface area contributed by atoms with Gasteiger partial charge in [-0.3, -0.25) is 4.79 Å². The van der Waals surface area contributed by atoms with Crippen LogP contribution in [0, 0.1) is 18.3 Å². The molecule has 0 heterocycles. The average Bonchev–Trinajstić information content (AvgIpc) is 2.72. The van der Waals surface area contributed by atoms with Crippen molar-refractivity contribution in [3.05, 3.63) is 96.9 Å². The van der Waals surface area contributed by atoms with Crippen LogP contribution in [-0.4, -0.2) is 5.91 Å². The maximum atomic E-state index is 12.7. The molecular formula is C24H17Br2ClN2O2. The largest absolute Gasteiger partial charge is 0.487 e. The molecule has 0 atom stereocenters. The van der Waals surface area contributed by atoms with Crippen LogP contribution in [0.3, 0.4) is 0 Å². The Labute approximate surface area is 202 Å². The molecule has 0 saturated carbocycles. The van der Waals surface area contributed by atoms with Gasteiger partial charge in [0.25, 0.3) is 5.91 Å². The van der Waals surface area contributed by atoms with Crippen LogP contribution in [0.15, 0.2) is 75.2 Å². The van der Waals surface area contributed by atoms with Gasteiger partial charge in [-0.25, -0.2) is 0 Å². The monoisotopic (exact) mass is 558 g/mol. The van der Waals surface area contributed by atoms with E-state index in [1.165, 1.54) is 6.08 Å². The Balaban J connectivity index is 1.90. The molecular weight excluding hydrogens is 544 g/mol. The fraction of sp³-hybridized carbons (Fsp3) is 0.0833. The molecule has 0 unspecified atom stereocenters. The highest BCUT2D eigenvalue weighted by molar-refractivity contribution is 9.11. The molecule has 1 N–H and O–H groups in total. The second-order valence-corrected chi connectivity index (χ2v) is 8.87.